The summed E-state index contributed by atoms with van der Waals surface area (Å²) in [6.07, 6.45) is 3.42. The third-order valence-corrected chi connectivity index (χ3v) is 4.18. The van der Waals surface area contributed by atoms with Crippen molar-refractivity contribution in [1.82, 2.24) is 0 Å². The van der Waals surface area contributed by atoms with Gasteiger partial charge in [-0.25, -0.2) is 0 Å². The van der Waals surface area contributed by atoms with Crippen LogP contribution >= 0.6 is 0 Å². The molecule has 4 rings (SSSR count). The van der Waals surface area contributed by atoms with Gasteiger partial charge >= 0.3 is 0 Å². The van der Waals surface area contributed by atoms with Gasteiger partial charge in [0, 0.05) is 6.07 Å². The molecule has 0 aliphatic rings. The molecule has 0 bridgehead atoms. The number of benzene rings is 2. The van der Waals surface area contributed by atoms with Gasteiger partial charge in [0.25, 0.3) is 0 Å². The highest BCUT2D eigenvalue weighted by molar-refractivity contribution is 5.79. The van der Waals surface area contributed by atoms with Crippen LogP contribution in [0.2, 0.25) is 0 Å². The van der Waals surface area contributed by atoms with Crippen molar-refractivity contribution in [3.8, 4) is 17.3 Å². The van der Waals surface area contributed by atoms with Crippen molar-refractivity contribution in [3.05, 3.63) is 88.8 Å². The van der Waals surface area contributed by atoms with Crippen LogP contribution < -0.4 is 10.2 Å². The number of ether oxygens (including phenoxy) is 1. The van der Waals surface area contributed by atoms with Gasteiger partial charge in [0.1, 0.15) is 11.3 Å². The second-order valence-corrected chi connectivity index (χ2v) is 6.05. The quantitative estimate of drug-likeness (QED) is 0.458. The van der Waals surface area contributed by atoms with E-state index in [2.05, 4.69) is 12.1 Å². The van der Waals surface area contributed by atoms with Crippen LogP contribution in [0.5, 0.6) is 5.75 Å². The second kappa shape index (κ2) is 7.31. The second-order valence-electron chi connectivity index (χ2n) is 6.05. The summed E-state index contributed by atoms with van der Waals surface area (Å²) in [6, 6.07) is 20.6. The van der Waals surface area contributed by atoms with E-state index < -0.39 is 0 Å². The normalized spacial score (nSPS) is 10.9. The van der Waals surface area contributed by atoms with Crippen molar-refractivity contribution in [2.75, 3.05) is 6.61 Å². The fourth-order valence-corrected chi connectivity index (χ4v) is 2.88. The summed E-state index contributed by atoms with van der Waals surface area (Å²) in [6.45, 7) is 0.593. The maximum Gasteiger partial charge on any atom is 0.193 e. The first-order valence-corrected chi connectivity index (χ1v) is 8.58. The zero-order valence-corrected chi connectivity index (χ0v) is 14.2. The van der Waals surface area contributed by atoms with E-state index in [1.807, 2.05) is 24.3 Å². The maximum atomic E-state index is 12.4. The van der Waals surface area contributed by atoms with Gasteiger partial charge in [0.15, 0.2) is 16.9 Å². The number of fused-ring (bicyclic) bond motifs is 1. The van der Waals surface area contributed by atoms with Gasteiger partial charge in [-0.05, 0) is 48.7 Å². The van der Waals surface area contributed by atoms with Crippen LogP contribution in [0.3, 0.4) is 0 Å². The lowest BCUT2D eigenvalue weighted by Crippen LogP contribution is -2.03. The number of rotatable bonds is 6. The SMILES string of the molecule is O=c1cc(-c2ccco2)oc2ccc(OCCCc3ccccc3)cc12. The Morgan fingerprint density at radius 2 is 1.77 bits per heavy atom. The van der Waals surface area contributed by atoms with Crippen molar-refractivity contribution in [3.63, 3.8) is 0 Å². The van der Waals surface area contributed by atoms with Crippen molar-refractivity contribution < 1.29 is 13.6 Å². The molecule has 0 radical (unpaired) electrons. The molecular weight excluding hydrogens is 328 g/mol. The van der Waals surface area contributed by atoms with Gasteiger partial charge in [-0.1, -0.05) is 30.3 Å². The summed E-state index contributed by atoms with van der Waals surface area (Å²) in [7, 11) is 0. The molecular formula is C22H18O4. The minimum absolute atomic E-state index is 0.118. The van der Waals surface area contributed by atoms with E-state index in [0.29, 0.717) is 34.8 Å². The monoisotopic (exact) mass is 346 g/mol. The Balaban J connectivity index is 1.46. The predicted octanol–water partition coefficient (Wildman–Crippen LogP) is 5.06. The molecule has 0 unspecified atom stereocenters. The van der Waals surface area contributed by atoms with E-state index in [9.17, 15) is 4.79 Å². The van der Waals surface area contributed by atoms with E-state index in [1.54, 1.807) is 30.5 Å². The molecule has 0 aliphatic heterocycles. The highest BCUT2D eigenvalue weighted by Crippen LogP contribution is 2.25. The summed E-state index contributed by atoms with van der Waals surface area (Å²) in [5.41, 5.74) is 1.69. The van der Waals surface area contributed by atoms with Crippen LogP contribution in [0, 0.1) is 0 Å². The highest BCUT2D eigenvalue weighted by atomic mass is 16.5. The molecule has 4 nitrogen and oxygen atoms in total. The zero-order chi connectivity index (χ0) is 17.8. The number of aryl methyl sites for hydroxylation is 1. The lowest BCUT2D eigenvalue weighted by Gasteiger charge is -2.07. The zero-order valence-electron chi connectivity index (χ0n) is 14.2. The van der Waals surface area contributed by atoms with E-state index >= 15 is 0 Å². The molecule has 0 amide bonds. The maximum absolute atomic E-state index is 12.4. The smallest absolute Gasteiger partial charge is 0.193 e. The standard InChI is InChI=1S/C22H18O4/c23-19-15-22(21-9-5-13-25-21)26-20-11-10-17(14-18(19)20)24-12-4-8-16-6-2-1-3-7-16/h1-3,5-7,9-11,13-15H,4,8,12H2. The fourth-order valence-electron chi connectivity index (χ4n) is 2.88. The van der Waals surface area contributed by atoms with E-state index in [4.69, 9.17) is 13.6 Å². The molecule has 0 aliphatic carbocycles. The molecule has 4 aromatic rings. The van der Waals surface area contributed by atoms with Gasteiger partial charge in [-0.3, -0.25) is 4.79 Å². The Labute approximate surface area is 150 Å². The van der Waals surface area contributed by atoms with E-state index in [1.165, 1.54) is 11.6 Å². The van der Waals surface area contributed by atoms with Crippen LogP contribution in [0.1, 0.15) is 12.0 Å². The first-order valence-electron chi connectivity index (χ1n) is 8.58. The molecule has 2 aromatic carbocycles. The van der Waals surface area contributed by atoms with Gasteiger partial charge in [-0.2, -0.15) is 0 Å². The van der Waals surface area contributed by atoms with Gasteiger partial charge in [-0.15, -0.1) is 0 Å². The van der Waals surface area contributed by atoms with Crippen LogP contribution in [-0.2, 0) is 6.42 Å². The molecule has 0 fully saturated rings. The number of hydrogen-bond acceptors (Lipinski definition) is 4. The topological polar surface area (TPSA) is 52.6 Å². The third-order valence-electron chi connectivity index (χ3n) is 4.18. The van der Waals surface area contributed by atoms with Gasteiger partial charge in [0.2, 0.25) is 0 Å². The molecule has 0 saturated carbocycles. The molecule has 26 heavy (non-hydrogen) atoms. The Morgan fingerprint density at radius 3 is 2.58 bits per heavy atom. The van der Waals surface area contributed by atoms with Gasteiger partial charge < -0.3 is 13.6 Å². The summed E-state index contributed by atoms with van der Waals surface area (Å²) < 4.78 is 16.9. The number of furan rings is 1. The molecule has 0 spiro atoms. The summed E-state index contributed by atoms with van der Waals surface area (Å²) in [5.74, 6) is 1.62. The van der Waals surface area contributed by atoms with Crippen molar-refractivity contribution >= 4 is 11.0 Å². The Hall–Kier alpha value is -3.27. The molecule has 0 saturated heterocycles. The third kappa shape index (κ3) is 3.54. The van der Waals surface area contributed by atoms with Crippen molar-refractivity contribution in [1.29, 1.82) is 0 Å². The van der Waals surface area contributed by atoms with Crippen LogP contribution in [0.4, 0.5) is 0 Å². The first kappa shape index (κ1) is 16.2. The average molecular weight is 346 g/mol. The minimum Gasteiger partial charge on any atom is -0.494 e. The predicted molar refractivity (Wildman–Crippen MR) is 100 cm³/mol. The minimum atomic E-state index is -0.118. The van der Waals surface area contributed by atoms with Crippen molar-refractivity contribution in [2.45, 2.75) is 12.8 Å². The highest BCUT2D eigenvalue weighted by Gasteiger charge is 2.10. The Kier molecular flexibility index (Phi) is 4.56. The molecule has 0 N–H and O–H groups in total. The Bertz CT molecular complexity index is 1050. The fraction of sp³-hybridized carbons (Fsp3) is 0.136. The largest absolute Gasteiger partial charge is 0.494 e. The first-order chi connectivity index (χ1) is 12.8. The van der Waals surface area contributed by atoms with Crippen LogP contribution in [0.25, 0.3) is 22.5 Å². The summed E-state index contributed by atoms with van der Waals surface area (Å²) >= 11 is 0. The molecule has 4 heteroatoms. The van der Waals surface area contributed by atoms with Crippen LogP contribution in [0.15, 0.2) is 86.6 Å². The molecule has 0 atom stereocenters. The van der Waals surface area contributed by atoms with Gasteiger partial charge in [0.05, 0.1) is 18.3 Å². The Morgan fingerprint density at radius 1 is 0.885 bits per heavy atom. The molecule has 130 valence electrons. The van der Waals surface area contributed by atoms with Crippen molar-refractivity contribution in [2.24, 2.45) is 0 Å². The summed E-state index contributed by atoms with van der Waals surface area (Å²) in [4.78, 5) is 12.4. The van der Waals surface area contributed by atoms with E-state index in [-0.39, 0.29) is 5.43 Å². The average Bonchev–Trinajstić information content (AvgIpc) is 3.21. The lowest BCUT2D eigenvalue weighted by atomic mass is 10.1. The lowest BCUT2D eigenvalue weighted by molar-refractivity contribution is 0.311. The summed E-state index contributed by atoms with van der Waals surface area (Å²) in [5, 5.41) is 0.501. The van der Waals surface area contributed by atoms with E-state index in [0.717, 1.165) is 12.8 Å². The number of hydrogen-bond donors (Lipinski definition) is 0. The van der Waals surface area contributed by atoms with Crippen LogP contribution in [-0.4, -0.2) is 6.61 Å². The molecule has 2 aromatic heterocycles. The molecule has 2 heterocycles.